The second kappa shape index (κ2) is 7.37. The van der Waals surface area contributed by atoms with Crippen LogP contribution in [-0.4, -0.2) is 19.0 Å². The van der Waals surface area contributed by atoms with Crippen molar-refractivity contribution in [3.8, 4) is 0 Å². The Bertz CT molecular complexity index is 679. The van der Waals surface area contributed by atoms with Crippen molar-refractivity contribution in [3.63, 3.8) is 0 Å². The molecular formula is C20H23ClN2O. The number of rotatable bonds is 4. The lowest BCUT2D eigenvalue weighted by molar-refractivity contribution is -0.128. The maximum Gasteiger partial charge on any atom is 0.231 e. The van der Waals surface area contributed by atoms with Crippen molar-refractivity contribution in [2.45, 2.75) is 31.2 Å². The van der Waals surface area contributed by atoms with E-state index in [0.717, 1.165) is 37.1 Å². The molecule has 2 N–H and O–H groups in total. The maximum atomic E-state index is 13.2. The standard InChI is InChI=1S/C20H23ClN2O/c1-15(16-7-9-18(21)10-8-16)23-19(24)20(11-13-22-14-12-20)17-5-3-2-4-6-17/h2-10,15,22H,11-14H2,1H3,(H,23,24). The van der Waals surface area contributed by atoms with Crippen LogP contribution in [0.2, 0.25) is 5.02 Å². The first-order valence-corrected chi connectivity index (χ1v) is 8.82. The van der Waals surface area contributed by atoms with Crippen molar-refractivity contribution in [2.75, 3.05) is 13.1 Å². The Morgan fingerprint density at radius 2 is 1.71 bits per heavy atom. The zero-order valence-corrected chi connectivity index (χ0v) is 14.6. The van der Waals surface area contributed by atoms with E-state index >= 15 is 0 Å². The molecular weight excluding hydrogens is 320 g/mol. The average molecular weight is 343 g/mol. The van der Waals surface area contributed by atoms with Crippen molar-refractivity contribution >= 4 is 17.5 Å². The molecule has 1 atom stereocenters. The Morgan fingerprint density at radius 3 is 2.33 bits per heavy atom. The normalized spacial score (nSPS) is 17.9. The van der Waals surface area contributed by atoms with E-state index in [0.29, 0.717) is 5.02 Å². The summed E-state index contributed by atoms with van der Waals surface area (Å²) in [5.41, 5.74) is 1.71. The predicted octanol–water partition coefficient (Wildman–Crippen LogP) is 3.84. The van der Waals surface area contributed by atoms with Gasteiger partial charge in [0.05, 0.1) is 11.5 Å². The molecule has 0 aliphatic carbocycles. The molecule has 4 heteroatoms. The molecule has 1 aliphatic rings. The first-order chi connectivity index (χ1) is 11.6. The number of piperidine rings is 1. The van der Waals surface area contributed by atoms with E-state index in [2.05, 4.69) is 22.8 Å². The molecule has 1 heterocycles. The second-order valence-corrected chi connectivity index (χ2v) is 6.88. The van der Waals surface area contributed by atoms with Gasteiger partial charge in [-0.1, -0.05) is 54.1 Å². The van der Waals surface area contributed by atoms with Crippen LogP contribution in [0.3, 0.4) is 0 Å². The summed E-state index contributed by atoms with van der Waals surface area (Å²) in [5.74, 6) is 0.109. The Morgan fingerprint density at radius 1 is 1.08 bits per heavy atom. The number of halogens is 1. The van der Waals surface area contributed by atoms with Crippen molar-refractivity contribution in [2.24, 2.45) is 0 Å². The lowest BCUT2D eigenvalue weighted by Gasteiger charge is -2.37. The van der Waals surface area contributed by atoms with Gasteiger partial charge < -0.3 is 10.6 Å². The van der Waals surface area contributed by atoms with E-state index in [4.69, 9.17) is 11.6 Å². The zero-order chi connectivity index (χ0) is 17.0. The van der Waals surface area contributed by atoms with Crippen LogP contribution in [0, 0.1) is 0 Å². The summed E-state index contributed by atoms with van der Waals surface area (Å²) in [6.45, 7) is 3.73. The van der Waals surface area contributed by atoms with Crippen molar-refractivity contribution in [3.05, 3.63) is 70.7 Å². The van der Waals surface area contributed by atoms with Crippen LogP contribution in [0.5, 0.6) is 0 Å². The van der Waals surface area contributed by atoms with Gasteiger partial charge in [0, 0.05) is 5.02 Å². The molecule has 2 aromatic carbocycles. The third kappa shape index (κ3) is 3.47. The molecule has 1 unspecified atom stereocenters. The third-order valence-electron chi connectivity index (χ3n) is 4.94. The van der Waals surface area contributed by atoms with Crippen LogP contribution < -0.4 is 10.6 Å². The van der Waals surface area contributed by atoms with Gasteiger partial charge in [-0.3, -0.25) is 4.79 Å². The molecule has 24 heavy (non-hydrogen) atoms. The van der Waals surface area contributed by atoms with Gasteiger partial charge in [-0.25, -0.2) is 0 Å². The highest BCUT2D eigenvalue weighted by molar-refractivity contribution is 6.30. The zero-order valence-electron chi connectivity index (χ0n) is 13.9. The Kier molecular flexibility index (Phi) is 5.22. The molecule has 2 aromatic rings. The molecule has 3 rings (SSSR count). The molecule has 126 valence electrons. The lowest BCUT2D eigenvalue weighted by Crippen LogP contribution is -2.51. The predicted molar refractivity (Wildman–Crippen MR) is 98.2 cm³/mol. The summed E-state index contributed by atoms with van der Waals surface area (Å²) >= 11 is 5.95. The number of carbonyl (C=O) groups excluding carboxylic acids is 1. The fourth-order valence-corrected chi connectivity index (χ4v) is 3.55. The summed E-state index contributed by atoms with van der Waals surface area (Å²) < 4.78 is 0. The number of hydrogen-bond donors (Lipinski definition) is 2. The highest BCUT2D eigenvalue weighted by Crippen LogP contribution is 2.34. The van der Waals surface area contributed by atoms with Gasteiger partial charge in [0.25, 0.3) is 0 Å². The van der Waals surface area contributed by atoms with Gasteiger partial charge in [-0.2, -0.15) is 0 Å². The molecule has 0 bridgehead atoms. The van der Waals surface area contributed by atoms with E-state index in [9.17, 15) is 4.79 Å². The number of nitrogens with one attached hydrogen (secondary N) is 2. The third-order valence-corrected chi connectivity index (χ3v) is 5.19. The summed E-state index contributed by atoms with van der Waals surface area (Å²) in [5, 5.41) is 7.28. The van der Waals surface area contributed by atoms with Crippen molar-refractivity contribution < 1.29 is 4.79 Å². The van der Waals surface area contributed by atoms with Gasteiger partial charge in [0.15, 0.2) is 0 Å². The van der Waals surface area contributed by atoms with E-state index in [1.807, 2.05) is 49.4 Å². The average Bonchev–Trinajstić information content (AvgIpc) is 2.63. The number of hydrogen-bond acceptors (Lipinski definition) is 2. The first-order valence-electron chi connectivity index (χ1n) is 8.44. The lowest BCUT2D eigenvalue weighted by atomic mass is 9.72. The quantitative estimate of drug-likeness (QED) is 0.886. The molecule has 1 amide bonds. The smallest absolute Gasteiger partial charge is 0.231 e. The largest absolute Gasteiger partial charge is 0.349 e. The molecule has 3 nitrogen and oxygen atoms in total. The molecule has 0 aromatic heterocycles. The monoisotopic (exact) mass is 342 g/mol. The number of amides is 1. The molecule has 0 spiro atoms. The fraction of sp³-hybridized carbons (Fsp3) is 0.350. The Hall–Kier alpha value is -1.84. The summed E-state index contributed by atoms with van der Waals surface area (Å²) in [4.78, 5) is 13.2. The minimum Gasteiger partial charge on any atom is -0.349 e. The van der Waals surface area contributed by atoms with Gasteiger partial charge in [0.1, 0.15) is 0 Å². The van der Waals surface area contributed by atoms with Crippen LogP contribution in [0.15, 0.2) is 54.6 Å². The van der Waals surface area contributed by atoms with E-state index in [1.165, 1.54) is 0 Å². The van der Waals surface area contributed by atoms with Gasteiger partial charge in [-0.05, 0) is 56.1 Å². The minimum absolute atomic E-state index is 0.0507. The Balaban J connectivity index is 1.83. The maximum absolute atomic E-state index is 13.2. The summed E-state index contributed by atoms with van der Waals surface area (Å²) in [6.07, 6.45) is 1.63. The molecule has 1 saturated heterocycles. The fourth-order valence-electron chi connectivity index (χ4n) is 3.43. The number of carbonyl (C=O) groups is 1. The number of benzene rings is 2. The van der Waals surface area contributed by atoms with E-state index in [1.54, 1.807) is 0 Å². The molecule has 0 radical (unpaired) electrons. The highest BCUT2D eigenvalue weighted by atomic mass is 35.5. The SMILES string of the molecule is CC(NC(=O)C1(c2ccccc2)CCNCC1)c1ccc(Cl)cc1. The second-order valence-electron chi connectivity index (χ2n) is 6.44. The van der Waals surface area contributed by atoms with Crippen LogP contribution in [0.1, 0.15) is 36.9 Å². The summed E-state index contributed by atoms with van der Waals surface area (Å²) in [7, 11) is 0. The van der Waals surface area contributed by atoms with Crippen LogP contribution in [0.4, 0.5) is 0 Å². The van der Waals surface area contributed by atoms with E-state index < -0.39 is 5.41 Å². The first kappa shape index (κ1) is 17.0. The highest BCUT2D eigenvalue weighted by Gasteiger charge is 2.41. The molecule has 1 fully saturated rings. The van der Waals surface area contributed by atoms with Crippen LogP contribution >= 0.6 is 11.6 Å². The van der Waals surface area contributed by atoms with Crippen LogP contribution in [0.25, 0.3) is 0 Å². The van der Waals surface area contributed by atoms with E-state index in [-0.39, 0.29) is 11.9 Å². The molecule has 0 saturated carbocycles. The topological polar surface area (TPSA) is 41.1 Å². The van der Waals surface area contributed by atoms with Gasteiger partial charge in [0.2, 0.25) is 5.91 Å². The van der Waals surface area contributed by atoms with Gasteiger partial charge >= 0.3 is 0 Å². The Labute approximate surface area is 148 Å². The minimum atomic E-state index is -0.451. The van der Waals surface area contributed by atoms with Crippen molar-refractivity contribution in [1.29, 1.82) is 0 Å². The van der Waals surface area contributed by atoms with Gasteiger partial charge in [-0.15, -0.1) is 0 Å². The summed E-state index contributed by atoms with van der Waals surface area (Å²) in [6, 6.07) is 17.7. The van der Waals surface area contributed by atoms with Crippen LogP contribution in [-0.2, 0) is 10.2 Å². The van der Waals surface area contributed by atoms with Crippen molar-refractivity contribution in [1.82, 2.24) is 10.6 Å². The molecule has 1 aliphatic heterocycles.